The van der Waals surface area contributed by atoms with Crippen LogP contribution in [0.25, 0.3) is 0 Å². The summed E-state index contributed by atoms with van der Waals surface area (Å²) in [6.45, 7) is 2.52. The van der Waals surface area contributed by atoms with E-state index in [-0.39, 0.29) is 37.3 Å². The third-order valence-corrected chi connectivity index (χ3v) is 8.05. The largest absolute Gasteiger partial charge is 0.493 e. The molecule has 3 rings (SSSR count). The van der Waals surface area contributed by atoms with E-state index in [1.54, 1.807) is 23.1 Å². The molecule has 1 aromatic carbocycles. The van der Waals surface area contributed by atoms with Crippen molar-refractivity contribution >= 4 is 40.7 Å². The Morgan fingerprint density at radius 3 is 2.61 bits per heavy atom. The van der Waals surface area contributed by atoms with Crippen molar-refractivity contribution in [1.29, 1.82) is 0 Å². The van der Waals surface area contributed by atoms with Gasteiger partial charge < -0.3 is 29.9 Å². The number of unbranched alkanes of at least 4 members (excludes halogenated alkanes) is 3. The lowest BCUT2D eigenvalue weighted by molar-refractivity contribution is -0.145. The molecule has 2 amide bonds. The number of nitrogens with one attached hydrogen (secondary N) is 1. The molecule has 210 valence electrons. The maximum absolute atomic E-state index is 13.5. The van der Waals surface area contributed by atoms with Gasteiger partial charge in [-0.15, -0.1) is 0 Å². The van der Waals surface area contributed by atoms with Crippen molar-refractivity contribution < 1.29 is 34.1 Å². The molecule has 1 fully saturated rings. The van der Waals surface area contributed by atoms with Crippen LogP contribution >= 0.6 is 22.6 Å². The van der Waals surface area contributed by atoms with Gasteiger partial charge in [-0.05, 0) is 60.1 Å². The number of halogens is 1. The first-order valence-electron chi connectivity index (χ1n) is 13.4. The zero-order valence-electron chi connectivity index (χ0n) is 22.2. The SMILES string of the molecule is CCCCCCN(C(=O)C1CCC1)[C@@H]1CC(C(=O)NCCO)=C[C@H](Oc2c(I)cc(C=O)cc2OC)[C@H]1O. The van der Waals surface area contributed by atoms with Crippen molar-refractivity contribution in [2.45, 2.75) is 76.5 Å². The van der Waals surface area contributed by atoms with Crippen molar-refractivity contribution in [3.63, 3.8) is 0 Å². The van der Waals surface area contributed by atoms with Gasteiger partial charge in [-0.3, -0.25) is 14.4 Å². The van der Waals surface area contributed by atoms with E-state index in [1.165, 1.54) is 7.11 Å². The molecule has 3 atom stereocenters. The molecule has 10 heteroatoms. The summed E-state index contributed by atoms with van der Waals surface area (Å²) in [7, 11) is 1.46. The van der Waals surface area contributed by atoms with Crippen LogP contribution in [0.15, 0.2) is 23.8 Å². The molecular formula is C28H39IN2O7. The molecule has 0 aromatic heterocycles. The summed E-state index contributed by atoms with van der Waals surface area (Å²) >= 11 is 2.04. The lowest BCUT2D eigenvalue weighted by Gasteiger charge is -2.43. The quantitative estimate of drug-likeness (QED) is 0.162. The first-order chi connectivity index (χ1) is 18.3. The van der Waals surface area contributed by atoms with Gasteiger partial charge in [-0.25, -0.2) is 0 Å². The van der Waals surface area contributed by atoms with E-state index >= 15 is 0 Å². The highest BCUT2D eigenvalue weighted by atomic mass is 127. The van der Waals surface area contributed by atoms with Crippen molar-refractivity contribution in [2.24, 2.45) is 5.92 Å². The number of rotatable bonds is 14. The fourth-order valence-corrected chi connectivity index (χ4v) is 5.63. The number of amides is 2. The summed E-state index contributed by atoms with van der Waals surface area (Å²) in [5.74, 6) is 0.270. The Hall–Kier alpha value is -2.18. The minimum atomic E-state index is -1.09. The topological polar surface area (TPSA) is 125 Å². The number of aliphatic hydroxyl groups excluding tert-OH is 2. The van der Waals surface area contributed by atoms with E-state index < -0.39 is 18.2 Å². The number of nitrogens with zero attached hydrogens (tertiary/aromatic N) is 1. The van der Waals surface area contributed by atoms with Gasteiger partial charge >= 0.3 is 0 Å². The van der Waals surface area contributed by atoms with Gasteiger partial charge in [0.15, 0.2) is 11.5 Å². The monoisotopic (exact) mass is 642 g/mol. The zero-order valence-corrected chi connectivity index (χ0v) is 24.3. The van der Waals surface area contributed by atoms with Crippen LogP contribution in [-0.4, -0.2) is 78.3 Å². The number of ether oxygens (including phenoxy) is 2. The van der Waals surface area contributed by atoms with Crippen molar-refractivity contribution in [1.82, 2.24) is 10.2 Å². The van der Waals surface area contributed by atoms with Crippen molar-refractivity contribution in [3.05, 3.63) is 32.9 Å². The molecule has 9 nitrogen and oxygen atoms in total. The van der Waals surface area contributed by atoms with E-state index in [0.29, 0.717) is 39.0 Å². The fraction of sp³-hybridized carbons (Fsp3) is 0.607. The number of hydrogen-bond donors (Lipinski definition) is 3. The normalized spacial score (nSPS) is 21.2. The summed E-state index contributed by atoms with van der Waals surface area (Å²) in [6, 6.07) is 2.56. The molecule has 2 aliphatic carbocycles. The number of benzene rings is 1. The number of hydrogen-bond acceptors (Lipinski definition) is 7. The van der Waals surface area contributed by atoms with Crippen LogP contribution in [0.1, 0.15) is 68.6 Å². The molecule has 0 bridgehead atoms. The van der Waals surface area contributed by atoms with Gasteiger partial charge in [-0.2, -0.15) is 0 Å². The van der Waals surface area contributed by atoms with Gasteiger partial charge in [0.05, 0.1) is 23.3 Å². The number of methoxy groups -OCH3 is 1. The van der Waals surface area contributed by atoms with E-state index in [9.17, 15) is 24.6 Å². The van der Waals surface area contributed by atoms with Crippen molar-refractivity contribution in [3.8, 4) is 11.5 Å². The van der Waals surface area contributed by atoms with Gasteiger partial charge in [0.2, 0.25) is 11.8 Å². The highest BCUT2D eigenvalue weighted by Gasteiger charge is 2.42. The van der Waals surface area contributed by atoms with E-state index in [4.69, 9.17) is 9.47 Å². The van der Waals surface area contributed by atoms with E-state index in [1.807, 2.05) is 22.6 Å². The zero-order chi connectivity index (χ0) is 27.7. The molecule has 0 spiro atoms. The Kier molecular flexibility index (Phi) is 11.9. The second-order valence-electron chi connectivity index (χ2n) is 9.89. The first kappa shape index (κ1) is 30.4. The number of carbonyl (C=O) groups excluding carboxylic acids is 3. The first-order valence-corrected chi connectivity index (χ1v) is 14.5. The second kappa shape index (κ2) is 14.8. The average molecular weight is 643 g/mol. The predicted molar refractivity (Wildman–Crippen MR) is 151 cm³/mol. The molecule has 0 radical (unpaired) electrons. The number of carbonyl (C=O) groups is 3. The Morgan fingerprint density at radius 2 is 2.00 bits per heavy atom. The molecule has 2 aliphatic rings. The second-order valence-corrected chi connectivity index (χ2v) is 11.1. The maximum Gasteiger partial charge on any atom is 0.247 e. The Labute approximate surface area is 238 Å². The minimum absolute atomic E-state index is 0.0232. The molecule has 0 heterocycles. The number of aldehydes is 1. The molecule has 0 saturated heterocycles. The highest BCUT2D eigenvalue weighted by molar-refractivity contribution is 14.1. The van der Waals surface area contributed by atoms with E-state index in [2.05, 4.69) is 12.2 Å². The third-order valence-electron chi connectivity index (χ3n) is 7.25. The summed E-state index contributed by atoms with van der Waals surface area (Å²) in [4.78, 5) is 39.6. The fourth-order valence-electron chi connectivity index (χ4n) is 4.88. The van der Waals surface area contributed by atoms with Gasteiger partial charge in [0.1, 0.15) is 18.5 Å². The Balaban J connectivity index is 1.95. The van der Waals surface area contributed by atoms with Crippen LogP contribution < -0.4 is 14.8 Å². The van der Waals surface area contributed by atoms with Crippen LogP contribution in [0.4, 0.5) is 0 Å². The highest BCUT2D eigenvalue weighted by Crippen LogP contribution is 2.38. The maximum atomic E-state index is 13.5. The molecule has 38 heavy (non-hydrogen) atoms. The lowest BCUT2D eigenvalue weighted by atomic mass is 9.82. The molecule has 1 aromatic rings. The van der Waals surface area contributed by atoms with Gasteiger partial charge in [0, 0.05) is 36.6 Å². The molecular weight excluding hydrogens is 603 g/mol. The minimum Gasteiger partial charge on any atom is -0.493 e. The van der Waals surface area contributed by atoms with Gasteiger partial charge in [-0.1, -0.05) is 32.6 Å². The summed E-state index contributed by atoms with van der Waals surface area (Å²) in [5, 5.41) is 23.5. The lowest BCUT2D eigenvalue weighted by Crippen LogP contribution is -2.56. The van der Waals surface area contributed by atoms with Crippen LogP contribution in [0, 0.1) is 9.49 Å². The van der Waals surface area contributed by atoms with Crippen LogP contribution in [0.2, 0.25) is 0 Å². The third kappa shape index (κ3) is 7.47. The Morgan fingerprint density at radius 1 is 1.24 bits per heavy atom. The van der Waals surface area contributed by atoms with Crippen LogP contribution in [0.3, 0.4) is 0 Å². The van der Waals surface area contributed by atoms with E-state index in [0.717, 1.165) is 44.9 Å². The smallest absolute Gasteiger partial charge is 0.247 e. The van der Waals surface area contributed by atoms with Crippen molar-refractivity contribution in [2.75, 3.05) is 26.8 Å². The number of aliphatic hydroxyl groups is 2. The average Bonchev–Trinajstić information content (AvgIpc) is 2.88. The van der Waals surface area contributed by atoms with Crippen LogP contribution in [-0.2, 0) is 9.59 Å². The molecule has 0 aliphatic heterocycles. The van der Waals surface area contributed by atoms with Crippen LogP contribution in [0.5, 0.6) is 11.5 Å². The molecule has 3 N–H and O–H groups in total. The molecule has 1 saturated carbocycles. The predicted octanol–water partition coefficient (Wildman–Crippen LogP) is 3.24. The summed E-state index contributed by atoms with van der Waals surface area (Å²) in [5.41, 5.74) is 0.807. The summed E-state index contributed by atoms with van der Waals surface area (Å²) < 4.78 is 12.3. The van der Waals surface area contributed by atoms with Gasteiger partial charge in [0.25, 0.3) is 0 Å². The Bertz CT molecular complexity index is 1010. The molecule has 0 unspecified atom stereocenters. The standard InChI is InChI=1S/C28H39IN2O7/c1-3-4-5-6-11-31(28(36)19-8-7-9-19)22-15-20(27(35)30-10-12-32)16-23(25(22)34)38-26-21(29)13-18(17-33)14-24(26)37-2/h13-14,16-17,19,22-23,25,32,34H,3-12,15H2,1-2H3,(H,30,35)/t22-,23+,25+/m1/s1. The summed E-state index contributed by atoms with van der Waals surface area (Å²) in [6.07, 6.45) is 7.06.